The average Bonchev–Trinajstić information content (AvgIpc) is 2.58. The fourth-order valence-corrected chi connectivity index (χ4v) is 1.92. The van der Waals surface area contributed by atoms with Crippen LogP contribution in [0, 0.1) is 0 Å². The van der Waals surface area contributed by atoms with Crippen LogP contribution in [0.15, 0.2) is 0 Å². The Morgan fingerprint density at radius 1 is 0.750 bits per heavy atom. The molecule has 146 valence electrons. The Labute approximate surface area is 140 Å². The van der Waals surface area contributed by atoms with Crippen LogP contribution in [-0.2, 0) is 9.47 Å². The minimum atomic E-state index is -1.59. The molecule has 0 radical (unpaired) electrons. The molecule has 0 aromatic rings. The first kappa shape index (κ1) is 23.6. The van der Waals surface area contributed by atoms with E-state index in [1.54, 1.807) is 6.92 Å². The van der Waals surface area contributed by atoms with Gasteiger partial charge >= 0.3 is 0 Å². The van der Waals surface area contributed by atoms with E-state index in [0.29, 0.717) is 0 Å². The van der Waals surface area contributed by atoms with Crippen molar-refractivity contribution in [2.24, 2.45) is 0 Å². The smallest absolute Gasteiger partial charge is 0.184 e. The molecule has 0 spiro atoms. The average molecular weight is 358 g/mol. The summed E-state index contributed by atoms with van der Waals surface area (Å²) in [7, 11) is 0. The quantitative estimate of drug-likeness (QED) is 0.153. The van der Waals surface area contributed by atoms with Crippen molar-refractivity contribution in [3.8, 4) is 0 Å². The monoisotopic (exact) mass is 358 g/mol. The number of aliphatic hydroxyl groups is 8. The van der Waals surface area contributed by atoms with Gasteiger partial charge in [-0.2, -0.15) is 0 Å². The zero-order chi connectivity index (χ0) is 18.9. The second-order valence-electron chi connectivity index (χ2n) is 5.53. The molecule has 0 saturated carbocycles. The van der Waals surface area contributed by atoms with Crippen LogP contribution in [0.1, 0.15) is 20.3 Å². The van der Waals surface area contributed by atoms with E-state index < -0.39 is 68.8 Å². The van der Waals surface area contributed by atoms with Gasteiger partial charge in [-0.1, -0.05) is 6.92 Å². The third kappa shape index (κ3) is 7.23. The molecule has 0 heterocycles. The highest BCUT2D eigenvalue weighted by Crippen LogP contribution is 2.18. The summed E-state index contributed by atoms with van der Waals surface area (Å²) in [4.78, 5) is 0. The summed E-state index contributed by atoms with van der Waals surface area (Å²) in [6.45, 7) is 0.653. The van der Waals surface area contributed by atoms with Gasteiger partial charge in [0.25, 0.3) is 0 Å². The molecule has 0 bridgehead atoms. The van der Waals surface area contributed by atoms with Gasteiger partial charge < -0.3 is 50.3 Å². The molecule has 24 heavy (non-hydrogen) atoms. The molecule has 0 amide bonds. The fraction of sp³-hybridized carbons (Fsp3) is 1.00. The molecule has 0 aliphatic carbocycles. The van der Waals surface area contributed by atoms with E-state index in [1.165, 1.54) is 6.92 Å². The molecule has 0 rings (SSSR count). The van der Waals surface area contributed by atoms with E-state index in [-0.39, 0.29) is 6.42 Å². The topological polar surface area (TPSA) is 180 Å². The van der Waals surface area contributed by atoms with Gasteiger partial charge in [-0.05, 0) is 13.3 Å². The van der Waals surface area contributed by atoms with E-state index in [1.807, 2.05) is 0 Å². The highest BCUT2D eigenvalue weighted by atomic mass is 16.7. The summed E-state index contributed by atoms with van der Waals surface area (Å²) < 4.78 is 10.5. The Hall–Kier alpha value is -0.400. The molecule has 0 aromatic carbocycles. The van der Waals surface area contributed by atoms with Gasteiger partial charge in [-0.15, -0.1) is 0 Å². The maximum atomic E-state index is 10.0. The Balaban J connectivity index is 5.19. The van der Waals surface area contributed by atoms with E-state index in [2.05, 4.69) is 0 Å². The standard InChI is InChI=1S/C14H30O10/c1-3-8(19)12(22)13(10(21)5-16)24-14(7(2)18)23-11(6-17)9(20)4-15/h7-22H,3-6H2,1-2H3/t7-,8?,9+,10?,11?,12?,13?,14-/m0/s1. The molecule has 0 saturated heterocycles. The highest BCUT2D eigenvalue weighted by molar-refractivity contribution is 4.83. The van der Waals surface area contributed by atoms with Crippen molar-refractivity contribution in [1.29, 1.82) is 0 Å². The molecule has 0 aliphatic rings. The molecule has 0 aliphatic heterocycles. The molecule has 10 heteroatoms. The maximum Gasteiger partial charge on any atom is 0.184 e. The van der Waals surface area contributed by atoms with Gasteiger partial charge in [0.1, 0.15) is 36.6 Å². The summed E-state index contributed by atoms with van der Waals surface area (Å²) in [6.07, 6.45) is -11.4. The zero-order valence-corrected chi connectivity index (χ0v) is 13.8. The molecule has 0 fully saturated rings. The minimum Gasteiger partial charge on any atom is -0.394 e. The Morgan fingerprint density at radius 2 is 1.29 bits per heavy atom. The van der Waals surface area contributed by atoms with Crippen LogP contribution in [0.5, 0.6) is 0 Å². The Morgan fingerprint density at radius 3 is 1.67 bits per heavy atom. The summed E-state index contributed by atoms with van der Waals surface area (Å²) in [5, 5.41) is 75.9. The molecular weight excluding hydrogens is 328 g/mol. The van der Waals surface area contributed by atoms with E-state index in [4.69, 9.17) is 19.7 Å². The zero-order valence-electron chi connectivity index (χ0n) is 13.8. The molecule has 5 unspecified atom stereocenters. The number of rotatable bonds is 13. The predicted octanol–water partition coefficient (Wildman–Crippen LogP) is -3.71. The van der Waals surface area contributed by atoms with Crippen LogP contribution in [-0.4, -0.2) is 110 Å². The first-order chi connectivity index (χ1) is 11.2. The van der Waals surface area contributed by atoms with E-state index in [9.17, 15) is 30.6 Å². The van der Waals surface area contributed by atoms with Crippen LogP contribution in [0.3, 0.4) is 0 Å². The van der Waals surface area contributed by atoms with Crippen LogP contribution >= 0.6 is 0 Å². The predicted molar refractivity (Wildman–Crippen MR) is 80.8 cm³/mol. The van der Waals surface area contributed by atoms with Gasteiger partial charge in [-0.3, -0.25) is 0 Å². The minimum absolute atomic E-state index is 0.141. The number of hydrogen-bond donors (Lipinski definition) is 8. The molecule has 10 nitrogen and oxygen atoms in total. The van der Waals surface area contributed by atoms with E-state index in [0.717, 1.165) is 0 Å². The lowest BCUT2D eigenvalue weighted by Gasteiger charge is -2.35. The van der Waals surface area contributed by atoms with Gasteiger partial charge in [0.15, 0.2) is 6.29 Å². The molecule has 8 N–H and O–H groups in total. The Bertz CT molecular complexity index is 316. The third-order valence-corrected chi connectivity index (χ3v) is 3.51. The Kier molecular flexibility index (Phi) is 11.8. The van der Waals surface area contributed by atoms with Crippen LogP contribution < -0.4 is 0 Å². The summed E-state index contributed by atoms with van der Waals surface area (Å²) >= 11 is 0. The van der Waals surface area contributed by atoms with Crippen molar-refractivity contribution in [3.05, 3.63) is 0 Å². The van der Waals surface area contributed by atoms with Gasteiger partial charge in [-0.25, -0.2) is 0 Å². The van der Waals surface area contributed by atoms with Crippen LogP contribution in [0.4, 0.5) is 0 Å². The summed E-state index contributed by atoms with van der Waals surface area (Å²) in [6, 6.07) is 0. The second-order valence-corrected chi connectivity index (χ2v) is 5.53. The van der Waals surface area contributed by atoms with E-state index >= 15 is 0 Å². The van der Waals surface area contributed by atoms with Crippen molar-refractivity contribution in [2.45, 2.75) is 69.3 Å². The van der Waals surface area contributed by atoms with Gasteiger partial charge in [0.05, 0.1) is 25.9 Å². The first-order valence-corrected chi connectivity index (χ1v) is 7.77. The lowest BCUT2D eigenvalue weighted by molar-refractivity contribution is -0.280. The number of ether oxygens (including phenoxy) is 2. The van der Waals surface area contributed by atoms with Crippen molar-refractivity contribution in [3.63, 3.8) is 0 Å². The van der Waals surface area contributed by atoms with Crippen molar-refractivity contribution in [1.82, 2.24) is 0 Å². The number of aliphatic hydroxyl groups excluding tert-OH is 8. The van der Waals surface area contributed by atoms with Crippen molar-refractivity contribution >= 4 is 0 Å². The molecule has 0 aromatic heterocycles. The lowest BCUT2D eigenvalue weighted by atomic mass is 10.0. The van der Waals surface area contributed by atoms with Gasteiger partial charge in [0.2, 0.25) is 0 Å². The van der Waals surface area contributed by atoms with Crippen LogP contribution in [0.25, 0.3) is 0 Å². The highest BCUT2D eigenvalue weighted by Gasteiger charge is 2.37. The number of hydrogen-bond acceptors (Lipinski definition) is 10. The summed E-state index contributed by atoms with van der Waals surface area (Å²) in [5.74, 6) is 0. The van der Waals surface area contributed by atoms with Gasteiger partial charge in [0, 0.05) is 0 Å². The van der Waals surface area contributed by atoms with Crippen molar-refractivity contribution < 1.29 is 50.3 Å². The lowest BCUT2D eigenvalue weighted by Crippen LogP contribution is -2.52. The SMILES string of the molecule is CCC(O)C(O)C(O[C@H](OC(CO)[C@H](O)CO)[C@H](C)O)C(O)CO. The van der Waals surface area contributed by atoms with Crippen LogP contribution in [0.2, 0.25) is 0 Å². The third-order valence-electron chi connectivity index (χ3n) is 3.51. The fourth-order valence-electron chi connectivity index (χ4n) is 1.92. The molecule has 8 atom stereocenters. The molecular formula is C14H30O10. The summed E-state index contributed by atoms with van der Waals surface area (Å²) in [5.41, 5.74) is 0. The normalized spacial score (nSPS) is 22.2. The largest absolute Gasteiger partial charge is 0.394 e. The maximum absolute atomic E-state index is 10.0. The second kappa shape index (κ2) is 12.0. The first-order valence-electron chi connectivity index (χ1n) is 7.77. The van der Waals surface area contributed by atoms with Crippen molar-refractivity contribution in [2.75, 3.05) is 19.8 Å².